The predicted octanol–water partition coefficient (Wildman–Crippen LogP) is 4.24. The lowest BCUT2D eigenvalue weighted by atomic mass is 9.78. The van der Waals surface area contributed by atoms with Gasteiger partial charge in [-0.2, -0.15) is 20.1 Å². The molecule has 1 aliphatic heterocycles. The molecule has 0 bridgehead atoms. The number of hydroxylamine groups is 2. The number of carboxylic acids is 1. The minimum atomic E-state index is -1.30. The minimum absolute atomic E-state index is 0.0125. The number of aliphatic carboxylic acids is 1. The lowest BCUT2D eigenvalue weighted by Crippen LogP contribution is -2.43. The molecular weight excluding hydrogens is 703 g/mol. The fourth-order valence-corrected chi connectivity index (χ4v) is 6.93. The molecule has 0 spiro atoms. The summed E-state index contributed by atoms with van der Waals surface area (Å²) in [5.74, 6) is -1.82. The zero-order valence-corrected chi connectivity index (χ0v) is 31.6. The second-order valence-electron chi connectivity index (χ2n) is 14.5. The fraction of sp³-hybridized carbons (Fsp3) is 0.385. The second-order valence-corrected chi connectivity index (χ2v) is 14.5. The van der Waals surface area contributed by atoms with Gasteiger partial charge in [0.2, 0.25) is 11.9 Å². The zero-order valence-electron chi connectivity index (χ0n) is 31.6. The summed E-state index contributed by atoms with van der Waals surface area (Å²) in [5.41, 5.74) is 16.3. The van der Waals surface area contributed by atoms with Crippen LogP contribution in [0.15, 0.2) is 78.6 Å². The number of amides is 2. The molecule has 1 aliphatic rings. The van der Waals surface area contributed by atoms with Crippen LogP contribution in [0.25, 0.3) is 11.2 Å². The van der Waals surface area contributed by atoms with Crippen LogP contribution >= 0.6 is 0 Å². The summed E-state index contributed by atoms with van der Waals surface area (Å²) in [6, 6.07) is 15.4. The van der Waals surface area contributed by atoms with Gasteiger partial charge in [0.1, 0.15) is 11.6 Å². The van der Waals surface area contributed by atoms with Crippen LogP contribution in [0, 0.1) is 5.92 Å². The molecule has 3 heterocycles. The number of hydrazone groups is 1. The number of carbonyl (C=O) groups excluding carboxylic acids is 2. The molecule has 3 atom stereocenters. The minimum Gasteiger partial charge on any atom is -0.480 e. The van der Waals surface area contributed by atoms with Crippen LogP contribution in [0.3, 0.4) is 0 Å². The smallest absolute Gasteiger partial charge is 0.326 e. The number of hydrogen-bond acceptors (Lipinski definition) is 13. The van der Waals surface area contributed by atoms with Crippen molar-refractivity contribution in [3.63, 3.8) is 0 Å². The zero-order chi connectivity index (χ0) is 39.8. The van der Waals surface area contributed by atoms with Gasteiger partial charge in [-0.1, -0.05) is 50.3 Å². The van der Waals surface area contributed by atoms with E-state index in [0.717, 1.165) is 17.7 Å². The van der Waals surface area contributed by atoms with Crippen LogP contribution in [-0.4, -0.2) is 78.3 Å². The van der Waals surface area contributed by atoms with E-state index in [4.69, 9.17) is 16.3 Å². The number of aromatic nitrogens is 4. The number of fused-ring (bicyclic) bond motifs is 1. The molecule has 16 nitrogen and oxygen atoms in total. The molecule has 0 radical (unpaired) electrons. The quantitative estimate of drug-likeness (QED) is 0.0579. The topological polar surface area (TPSA) is 227 Å². The van der Waals surface area contributed by atoms with Gasteiger partial charge in [-0.25, -0.2) is 20.2 Å². The van der Waals surface area contributed by atoms with Crippen molar-refractivity contribution in [2.45, 2.75) is 83.1 Å². The Morgan fingerprint density at radius 2 is 1.84 bits per heavy atom. The molecule has 16 heteroatoms. The van der Waals surface area contributed by atoms with E-state index in [-0.39, 0.29) is 35.7 Å². The number of anilines is 3. The van der Waals surface area contributed by atoms with Gasteiger partial charge >= 0.3 is 5.97 Å². The molecule has 2 aromatic carbocycles. The molecule has 2 amide bonds. The van der Waals surface area contributed by atoms with Crippen molar-refractivity contribution in [3.05, 3.63) is 90.3 Å². The average molecular weight is 752 g/mol. The standard InChI is InChI=1S/C39H49N11O5/c1-6-18-39(19-25(2)3)23-38(4,55-50(39)21-26-10-8-7-9-11-26)24-43-48-31(51)17-16-30(36(53)54)45-35(52)27-12-14-29(15-13-27)49(5)22-28-20-42-34-32(44-28)33(40)46-37(41)47-34/h6-15,20,24-25,30H,1,16-19,21-23H2,2-5H3,(H,45,52)(H,48,51)(H,53,54)(H4,40,41,42,46,47)/t30-,38+,39+/m0/s1. The average Bonchev–Trinajstić information content (AvgIpc) is 3.39. The number of nitrogen functional groups attached to an aromatic ring is 2. The summed E-state index contributed by atoms with van der Waals surface area (Å²) in [6.45, 7) is 11.2. The van der Waals surface area contributed by atoms with Gasteiger partial charge in [0.15, 0.2) is 17.0 Å². The maximum atomic E-state index is 13.0. The lowest BCUT2D eigenvalue weighted by molar-refractivity contribution is -0.208. The van der Waals surface area contributed by atoms with E-state index in [1.165, 1.54) is 0 Å². The van der Waals surface area contributed by atoms with Crippen LogP contribution < -0.4 is 27.1 Å². The van der Waals surface area contributed by atoms with Crippen molar-refractivity contribution in [2.75, 3.05) is 23.4 Å². The van der Waals surface area contributed by atoms with Crippen LogP contribution in [0.1, 0.15) is 74.5 Å². The first-order valence-electron chi connectivity index (χ1n) is 18.0. The third-order valence-electron chi connectivity index (χ3n) is 9.27. The Hall–Kier alpha value is -6.00. The number of nitrogens with one attached hydrogen (secondary N) is 2. The van der Waals surface area contributed by atoms with Gasteiger partial charge in [0.05, 0.1) is 30.2 Å². The highest BCUT2D eigenvalue weighted by atomic mass is 16.7. The predicted molar refractivity (Wildman–Crippen MR) is 210 cm³/mol. The molecule has 4 aromatic rings. The van der Waals surface area contributed by atoms with Crippen LogP contribution in [0.5, 0.6) is 0 Å². The maximum absolute atomic E-state index is 13.0. The Bertz CT molecular complexity index is 2030. The summed E-state index contributed by atoms with van der Waals surface area (Å²) in [7, 11) is 1.84. The first kappa shape index (κ1) is 40.2. The van der Waals surface area contributed by atoms with Gasteiger partial charge in [0.25, 0.3) is 5.91 Å². The monoisotopic (exact) mass is 751 g/mol. The van der Waals surface area contributed by atoms with E-state index in [0.29, 0.717) is 48.7 Å². The third-order valence-corrected chi connectivity index (χ3v) is 9.27. The highest BCUT2D eigenvalue weighted by Crippen LogP contribution is 2.45. The fourth-order valence-electron chi connectivity index (χ4n) is 6.93. The number of rotatable bonds is 17. The van der Waals surface area contributed by atoms with Crippen LogP contribution in [-0.2, 0) is 27.5 Å². The molecule has 290 valence electrons. The molecule has 55 heavy (non-hydrogen) atoms. The van der Waals surface area contributed by atoms with Gasteiger partial charge in [0, 0.05) is 37.7 Å². The summed E-state index contributed by atoms with van der Waals surface area (Å²) in [6.07, 6.45) is 6.94. The number of nitrogens with zero attached hydrogens (tertiary/aromatic N) is 7. The van der Waals surface area contributed by atoms with Crippen LogP contribution in [0.2, 0.25) is 0 Å². The first-order chi connectivity index (χ1) is 26.2. The molecular formula is C39H49N11O5. The SMILES string of the molecule is C=CC[C@@]1(CC(C)C)C[C@](C)(C=NNC(=O)CC[C@H](NC(=O)c2ccc(N(C)Cc3cnc4nc(N)nc(N)c4n3)cc2)C(=O)O)ON1Cc1ccccc1. The molecule has 0 aliphatic carbocycles. The van der Waals surface area contributed by atoms with Crippen molar-refractivity contribution in [2.24, 2.45) is 11.0 Å². The van der Waals surface area contributed by atoms with Gasteiger partial charge in [-0.15, -0.1) is 6.58 Å². The molecule has 5 rings (SSSR count). The van der Waals surface area contributed by atoms with Crippen molar-refractivity contribution in [3.8, 4) is 0 Å². The largest absolute Gasteiger partial charge is 0.480 e. The lowest BCUT2D eigenvalue weighted by Gasteiger charge is -2.37. The molecule has 1 saturated heterocycles. The molecule has 1 fully saturated rings. The third kappa shape index (κ3) is 10.4. The number of benzene rings is 2. The maximum Gasteiger partial charge on any atom is 0.326 e. The Morgan fingerprint density at radius 1 is 1.11 bits per heavy atom. The highest BCUT2D eigenvalue weighted by Gasteiger charge is 2.51. The molecule has 0 saturated carbocycles. The Morgan fingerprint density at radius 3 is 2.51 bits per heavy atom. The summed E-state index contributed by atoms with van der Waals surface area (Å²) < 4.78 is 0. The van der Waals surface area contributed by atoms with Gasteiger partial charge in [-0.05, 0) is 61.9 Å². The summed E-state index contributed by atoms with van der Waals surface area (Å²) in [4.78, 5) is 63.0. The number of hydrogen-bond donors (Lipinski definition) is 5. The number of carboxylic acid groups (broad SMARTS) is 1. The Kier molecular flexibility index (Phi) is 12.7. The van der Waals surface area contributed by atoms with Crippen molar-refractivity contribution in [1.29, 1.82) is 0 Å². The number of carbonyl (C=O) groups is 3. The normalized spacial score (nSPS) is 19.1. The summed E-state index contributed by atoms with van der Waals surface area (Å²) >= 11 is 0. The molecule has 2 aromatic heterocycles. The first-order valence-corrected chi connectivity index (χ1v) is 18.0. The summed E-state index contributed by atoms with van der Waals surface area (Å²) in [5, 5.41) is 18.6. The van der Waals surface area contributed by atoms with E-state index in [1.807, 2.05) is 48.2 Å². The number of nitrogens with two attached hydrogens (primary N) is 2. The van der Waals surface area contributed by atoms with E-state index >= 15 is 0 Å². The second kappa shape index (κ2) is 17.4. The van der Waals surface area contributed by atoms with Crippen LogP contribution in [0.4, 0.5) is 17.5 Å². The van der Waals surface area contributed by atoms with E-state index in [2.05, 4.69) is 68.3 Å². The van der Waals surface area contributed by atoms with E-state index < -0.39 is 29.4 Å². The molecule has 0 unspecified atom stereocenters. The van der Waals surface area contributed by atoms with E-state index in [1.54, 1.807) is 36.7 Å². The van der Waals surface area contributed by atoms with Crippen molar-refractivity contribution in [1.82, 2.24) is 35.7 Å². The Labute approximate surface area is 320 Å². The highest BCUT2D eigenvalue weighted by molar-refractivity contribution is 5.97. The van der Waals surface area contributed by atoms with Gasteiger partial charge in [-0.3, -0.25) is 14.4 Å². The Balaban J connectivity index is 1.14. The molecule has 7 N–H and O–H groups in total. The van der Waals surface area contributed by atoms with Gasteiger partial charge < -0.3 is 26.8 Å². The van der Waals surface area contributed by atoms with Crippen molar-refractivity contribution >= 4 is 52.6 Å². The van der Waals surface area contributed by atoms with Crippen molar-refractivity contribution < 1.29 is 24.3 Å². The van der Waals surface area contributed by atoms with E-state index in [9.17, 15) is 19.5 Å².